The Bertz CT molecular complexity index is 218. The smallest absolute Gasteiger partial charge is 0.334 e. The van der Waals surface area contributed by atoms with Crippen molar-refractivity contribution in [3.8, 4) is 0 Å². The minimum atomic E-state index is -0.104. The highest BCUT2D eigenvalue weighted by Crippen LogP contribution is 2.19. The van der Waals surface area contributed by atoms with Gasteiger partial charge in [-0.2, -0.15) is 0 Å². The summed E-state index contributed by atoms with van der Waals surface area (Å²) < 4.78 is 5.02. The van der Waals surface area contributed by atoms with Crippen LogP contribution in [0, 0.1) is 0 Å². The fourth-order valence-electron chi connectivity index (χ4n) is 1.73. The molecule has 0 aromatic rings. The molecule has 80 valence electrons. The SMILES string of the molecule is CCCCCCCC1=CC(C)OC1=O. The Kier molecular flexibility index (Phi) is 4.71. The van der Waals surface area contributed by atoms with E-state index in [1.165, 1.54) is 25.7 Å². The topological polar surface area (TPSA) is 26.3 Å². The molecule has 0 spiro atoms. The van der Waals surface area contributed by atoms with Gasteiger partial charge in [0.15, 0.2) is 0 Å². The monoisotopic (exact) mass is 196 g/mol. The first-order chi connectivity index (χ1) is 6.74. The van der Waals surface area contributed by atoms with E-state index in [-0.39, 0.29) is 12.1 Å². The highest BCUT2D eigenvalue weighted by molar-refractivity contribution is 5.90. The summed E-state index contributed by atoms with van der Waals surface area (Å²) in [6, 6.07) is 0. The molecule has 0 radical (unpaired) electrons. The minimum absolute atomic E-state index is 0.00635. The van der Waals surface area contributed by atoms with Crippen LogP contribution in [-0.2, 0) is 9.53 Å². The maximum absolute atomic E-state index is 11.2. The van der Waals surface area contributed by atoms with Crippen molar-refractivity contribution in [3.05, 3.63) is 11.6 Å². The molecule has 1 aliphatic rings. The normalized spacial score (nSPS) is 20.9. The lowest BCUT2D eigenvalue weighted by molar-refractivity contribution is -0.139. The summed E-state index contributed by atoms with van der Waals surface area (Å²) in [5.41, 5.74) is 0.883. The summed E-state index contributed by atoms with van der Waals surface area (Å²) in [6.07, 6.45) is 9.04. The molecule has 1 rings (SSSR count). The van der Waals surface area contributed by atoms with Crippen LogP contribution in [0.4, 0.5) is 0 Å². The molecule has 0 saturated carbocycles. The number of unbranched alkanes of at least 4 members (excludes halogenated alkanes) is 4. The number of hydrogen-bond donors (Lipinski definition) is 0. The standard InChI is InChI=1S/C12H20O2/c1-3-4-5-6-7-8-11-9-10(2)14-12(11)13/h9-10H,3-8H2,1-2H3. The van der Waals surface area contributed by atoms with Crippen molar-refractivity contribution < 1.29 is 9.53 Å². The number of esters is 1. The van der Waals surface area contributed by atoms with E-state index in [2.05, 4.69) is 6.92 Å². The van der Waals surface area contributed by atoms with E-state index >= 15 is 0 Å². The Morgan fingerprint density at radius 2 is 2.00 bits per heavy atom. The molecule has 1 unspecified atom stereocenters. The fraction of sp³-hybridized carbons (Fsp3) is 0.750. The summed E-state index contributed by atoms with van der Waals surface area (Å²) in [7, 11) is 0. The maximum Gasteiger partial charge on any atom is 0.334 e. The first kappa shape index (κ1) is 11.3. The largest absolute Gasteiger partial charge is 0.455 e. The van der Waals surface area contributed by atoms with Gasteiger partial charge in [-0.15, -0.1) is 0 Å². The first-order valence-electron chi connectivity index (χ1n) is 5.65. The van der Waals surface area contributed by atoms with Crippen LogP contribution >= 0.6 is 0 Å². The molecule has 0 amide bonds. The highest BCUT2D eigenvalue weighted by atomic mass is 16.5. The molecule has 2 heteroatoms. The fourth-order valence-corrected chi connectivity index (χ4v) is 1.73. The van der Waals surface area contributed by atoms with Gasteiger partial charge >= 0.3 is 5.97 Å². The van der Waals surface area contributed by atoms with Crippen molar-refractivity contribution in [3.63, 3.8) is 0 Å². The number of rotatable bonds is 6. The molecule has 1 aliphatic heterocycles. The lowest BCUT2D eigenvalue weighted by atomic mass is 10.1. The predicted molar refractivity (Wildman–Crippen MR) is 57.0 cm³/mol. The van der Waals surface area contributed by atoms with Gasteiger partial charge in [-0.25, -0.2) is 4.79 Å². The molecule has 1 atom stereocenters. The van der Waals surface area contributed by atoms with Gasteiger partial charge in [-0.1, -0.05) is 32.6 Å². The van der Waals surface area contributed by atoms with Gasteiger partial charge in [-0.05, 0) is 25.8 Å². The molecule has 2 nitrogen and oxygen atoms in total. The third-order valence-electron chi connectivity index (χ3n) is 2.54. The summed E-state index contributed by atoms with van der Waals surface area (Å²) in [5.74, 6) is -0.104. The summed E-state index contributed by atoms with van der Waals surface area (Å²) in [4.78, 5) is 11.2. The second kappa shape index (κ2) is 5.84. The van der Waals surface area contributed by atoms with Gasteiger partial charge in [0.05, 0.1) is 0 Å². The van der Waals surface area contributed by atoms with E-state index in [9.17, 15) is 4.79 Å². The third-order valence-corrected chi connectivity index (χ3v) is 2.54. The highest BCUT2D eigenvalue weighted by Gasteiger charge is 2.20. The Labute approximate surface area is 86.3 Å². The predicted octanol–water partition coefficient (Wildman–Crippen LogP) is 3.22. The minimum Gasteiger partial charge on any atom is -0.455 e. The van der Waals surface area contributed by atoms with Crippen molar-refractivity contribution in [1.29, 1.82) is 0 Å². The van der Waals surface area contributed by atoms with Gasteiger partial charge in [0.1, 0.15) is 6.10 Å². The average Bonchev–Trinajstić information content (AvgIpc) is 2.45. The molecule has 0 N–H and O–H groups in total. The number of cyclic esters (lactones) is 1. The van der Waals surface area contributed by atoms with E-state index < -0.39 is 0 Å². The van der Waals surface area contributed by atoms with E-state index in [0.29, 0.717) is 0 Å². The van der Waals surface area contributed by atoms with E-state index in [0.717, 1.165) is 18.4 Å². The Morgan fingerprint density at radius 3 is 2.57 bits per heavy atom. The number of carbonyl (C=O) groups excluding carboxylic acids is 1. The molecular formula is C12H20O2. The molecule has 1 heterocycles. The van der Waals surface area contributed by atoms with Gasteiger partial charge in [0, 0.05) is 5.57 Å². The number of carbonyl (C=O) groups is 1. The summed E-state index contributed by atoms with van der Waals surface area (Å²) >= 11 is 0. The maximum atomic E-state index is 11.2. The average molecular weight is 196 g/mol. The zero-order valence-corrected chi connectivity index (χ0v) is 9.21. The van der Waals surface area contributed by atoms with E-state index in [1.54, 1.807) is 0 Å². The van der Waals surface area contributed by atoms with E-state index in [4.69, 9.17) is 4.74 Å². The van der Waals surface area contributed by atoms with Crippen LogP contribution in [0.25, 0.3) is 0 Å². The lowest BCUT2D eigenvalue weighted by Gasteiger charge is -2.00. The quantitative estimate of drug-likeness (QED) is 0.481. The van der Waals surface area contributed by atoms with Crippen LogP contribution in [0.3, 0.4) is 0 Å². The molecule has 14 heavy (non-hydrogen) atoms. The van der Waals surface area contributed by atoms with Gasteiger partial charge in [0.25, 0.3) is 0 Å². The molecule has 0 saturated heterocycles. The van der Waals surface area contributed by atoms with Crippen molar-refractivity contribution in [2.75, 3.05) is 0 Å². The van der Waals surface area contributed by atoms with Crippen LogP contribution < -0.4 is 0 Å². The van der Waals surface area contributed by atoms with Crippen molar-refractivity contribution in [1.82, 2.24) is 0 Å². The van der Waals surface area contributed by atoms with Crippen molar-refractivity contribution in [2.24, 2.45) is 0 Å². The van der Waals surface area contributed by atoms with Gasteiger partial charge < -0.3 is 4.74 Å². The first-order valence-corrected chi connectivity index (χ1v) is 5.65. The Balaban J connectivity index is 2.12. The second-order valence-electron chi connectivity index (χ2n) is 3.97. The number of hydrogen-bond acceptors (Lipinski definition) is 2. The number of ether oxygens (including phenoxy) is 1. The molecular weight excluding hydrogens is 176 g/mol. The zero-order valence-electron chi connectivity index (χ0n) is 9.21. The van der Waals surface area contributed by atoms with Crippen LogP contribution in [-0.4, -0.2) is 12.1 Å². The van der Waals surface area contributed by atoms with Crippen LogP contribution in [0.15, 0.2) is 11.6 Å². The second-order valence-corrected chi connectivity index (χ2v) is 3.97. The van der Waals surface area contributed by atoms with E-state index in [1.807, 2.05) is 13.0 Å². The summed E-state index contributed by atoms with van der Waals surface area (Å²) in [5, 5.41) is 0. The molecule has 0 fully saturated rings. The Morgan fingerprint density at radius 1 is 1.29 bits per heavy atom. The molecule has 0 aromatic heterocycles. The van der Waals surface area contributed by atoms with Crippen molar-refractivity contribution in [2.45, 2.75) is 58.5 Å². The summed E-state index contributed by atoms with van der Waals surface area (Å²) in [6.45, 7) is 4.11. The third kappa shape index (κ3) is 3.52. The van der Waals surface area contributed by atoms with Crippen LogP contribution in [0.5, 0.6) is 0 Å². The van der Waals surface area contributed by atoms with Crippen LogP contribution in [0.1, 0.15) is 52.4 Å². The molecule has 0 aliphatic carbocycles. The van der Waals surface area contributed by atoms with Gasteiger partial charge in [-0.3, -0.25) is 0 Å². The lowest BCUT2D eigenvalue weighted by Crippen LogP contribution is -2.03. The van der Waals surface area contributed by atoms with Crippen LogP contribution in [0.2, 0.25) is 0 Å². The van der Waals surface area contributed by atoms with Gasteiger partial charge in [0.2, 0.25) is 0 Å². The molecule has 0 aromatic carbocycles. The van der Waals surface area contributed by atoms with Crippen molar-refractivity contribution >= 4 is 5.97 Å². The Hall–Kier alpha value is -0.790. The zero-order chi connectivity index (χ0) is 10.4. The molecule has 0 bridgehead atoms.